The number of nitrogen functional groups attached to an aromatic ring is 1. The standard InChI is InChI=1S/C16H20N8O2S2/c1-3-14-21-22-15(28-14)19-13(25)9-27-16-23-20-12(24(16)17)8-18-10-4-6-11(26-2)7-5-10/h4-7,18H,3,8-9,17H2,1-2H3,(H,19,22,25). The molecule has 0 saturated heterocycles. The number of rotatable bonds is 9. The molecule has 148 valence electrons. The topological polar surface area (TPSA) is 133 Å². The Morgan fingerprint density at radius 2 is 2.04 bits per heavy atom. The predicted molar refractivity (Wildman–Crippen MR) is 109 cm³/mol. The number of carbonyl (C=O) groups excluding carboxylic acids is 1. The first-order chi connectivity index (χ1) is 13.6. The summed E-state index contributed by atoms with van der Waals surface area (Å²) in [5.41, 5.74) is 0.904. The number of methoxy groups -OCH3 is 1. The molecule has 1 amide bonds. The molecule has 28 heavy (non-hydrogen) atoms. The molecule has 0 fully saturated rings. The lowest BCUT2D eigenvalue weighted by atomic mass is 10.3. The van der Waals surface area contributed by atoms with Gasteiger partial charge in [0.15, 0.2) is 5.82 Å². The van der Waals surface area contributed by atoms with Crippen molar-refractivity contribution in [1.29, 1.82) is 0 Å². The van der Waals surface area contributed by atoms with Gasteiger partial charge < -0.3 is 15.9 Å². The van der Waals surface area contributed by atoms with Crippen LogP contribution in [-0.2, 0) is 17.8 Å². The minimum Gasteiger partial charge on any atom is -0.497 e. The number of amides is 1. The lowest BCUT2D eigenvalue weighted by Crippen LogP contribution is -2.18. The second kappa shape index (κ2) is 9.37. The fraction of sp³-hybridized carbons (Fsp3) is 0.312. The van der Waals surface area contributed by atoms with E-state index in [2.05, 4.69) is 31.0 Å². The molecular weight excluding hydrogens is 400 g/mol. The van der Waals surface area contributed by atoms with Crippen molar-refractivity contribution in [3.63, 3.8) is 0 Å². The fourth-order valence-corrected chi connectivity index (χ4v) is 3.52. The summed E-state index contributed by atoms with van der Waals surface area (Å²) in [4.78, 5) is 12.1. The quantitative estimate of drug-likeness (QED) is 0.350. The Hall–Kier alpha value is -2.86. The van der Waals surface area contributed by atoms with Crippen LogP contribution >= 0.6 is 23.1 Å². The number of benzene rings is 1. The van der Waals surface area contributed by atoms with E-state index in [9.17, 15) is 4.79 Å². The largest absolute Gasteiger partial charge is 0.497 e. The van der Waals surface area contributed by atoms with Gasteiger partial charge in [0.2, 0.25) is 16.2 Å². The molecule has 0 aliphatic carbocycles. The molecule has 0 aliphatic heterocycles. The van der Waals surface area contributed by atoms with E-state index < -0.39 is 0 Å². The van der Waals surface area contributed by atoms with Gasteiger partial charge in [0.05, 0.1) is 19.4 Å². The van der Waals surface area contributed by atoms with E-state index in [0.717, 1.165) is 22.9 Å². The number of nitrogens with zero attached hydrogens (tertiary/aromatic N) is 5. The van der Waals surface area contributed by atoms with E-state index >= 15 is 0 Å². The molecule has 0 spiro atoms. The summed E-state index contributed by atoms with van der Waals surface area (Å²) in [7, 11) is 1.62. The molecule has 0 aliphatic rings. The van der Waals surface area contributed by atoms with Gasteiger partial charge in [-0.15, -0.1) is 20.4 Å². The van der Waals surface area contributed by atoms with Gasteiger partial charge >= 0.3 is 0 Å². The van der Waals surface area contributed by atoms with Gasteiger partial charge in [-0.3, -0.25) is 10.1 Å². The van der Waals surface area contributed by atoms with E-state index in [4.69, 9.17) is 10.6 Å². The van der Waals surface area contributed by atoms with Gasteiger partial charge in [-0.05, 0) is 30.7 Å². The Morgan fingerprint density at radius 1 is 1.25 bits per heavy atom. The average Bonchev–Trinajstić information content (AvgIpc) is 3.31. The molecule has 12 heteroatoms. The lowest BCUT2D eigenvalue weighted by molar-refractivity contribution is -0.113. The van der Waals surface area contributed by atoms with Crippen LogP contribution < -0.4 is 21.2 Å². The number of nitrogens with two attached hydrogens (primary N) is 1. The summed E-state index contributed by atoms with van der Waals surface area (Å²) in [5.74, 6) is 7.30. The molecule has 3 aromatic rings. The number of ether oxygens (including phenoxy) is 1. The van der Waals surface area contributed by atoms with Crippen LogP contribution in [0.1, 0.15) is 17.8 Å². The predicted octanol–water partition coefficient (Wildman–Crippen LogP) is 1.76. The van der Waals surface area contributed by atoms with Crippen LogP contribution in [-0.4, -0.2) is 43.8 Å². The second-order valence-electron chi connectivity index (χ2n) is 5.54. The minimum atomic E-state index is -0.204. The Balaban J connectivity index is 1.50. The fourth-order valence-electron chi connectivity index (χ4n) is 2.15. The maximum atomic E-state index is 12.1. The van der Waals surface area contributed by atoms with Crippen molar-refractivity contribution < 1.29 is 9.53 Å². The summed E-state index contributed by atoms with van der Waals surface area (Å²) in [6, 6.07) is 7.51. The van der Waals surface area contributed by atoms with E-state index in [0.29, 0.717) is 22.7 Å². The Morgan fingerprint density at radius 3 is 2.71 bits per heavy atom. The van der Waals surface area contributed by atoms with E-state index in [-0.39, 0.29) is 11.7 Å². The molecule has 10 nitrogen and oxygen atoms in total. The highest BCUT2D eigenvalue weighted by atomic mass is 32.2. The molecule has 0 bridgehead atoms. The van der Waals surface area contributed by atoms with Gasteiger partial charge in [0.1, 0.15) is 10.8 Å². The van der Waals surface area contributed by atoms with E-state index in [1.54, 1.807) is 7.11 Å². The SMILES string of the molecule is CCc1nnc(NC(=O)CSc2nnc(CNc3ccc(OC)cc3)n2N)s1. The molecule has 0 unspecified atom stereocenters. The lowest BCUT2D eigenvalue weighted by Gasteiger charge is -2.07. The van der Waals surface area contributed by atoms with Gasteiger partial charge in [0, 0.05) is 5.69 Å². The number of hydrogen-bond acceptors (Lipinski definition) is 10. The van der Waals surface area contributed by atoms with E-state index in [1.165, 1.54) is 27.8 Å². The van der Waals surface area contributed by atoms with Crippen LogP contribution in [0, 0.1) is 0 Å². The first-order valence-corrected chi connectivity index (χ1v) is 10.2. The average molecular weight is 421 g/mol. The van der Waals surface area contributed by atoms with Gasteiger partial charge in [0.25, 0.3) is 0 Å². The van der Waals surface area contributed by atoms with Gasteiger partial charge in [-0.1, -0.05) is 30.0 Å². The Bertz CT molecular complexity index is 925. The molecule has 0 atom stereocenters. The zero-order chi connectivity index (χ0) is 19.9. The highest BCUT2D eigenvalue weighted by molar-refractivity contribution is 7.99. The van der Waals surface area contributed by atoms with Crippen molar-refractivity contribution in [2.24, 2.45) is 0 Å². The van der Waals surface area contributed by atoms with Crippen molar-refractivity contribution in [3.8, 4) is 5.75 Å². The number of hydrogen-bond donors (Lipinski definition) is 3. The molecule has 0 radical (unpaired) electrons. The number of aryl methyl sites for hydroxylation is 1. The molecule has 4 N–H and O–H groups in total. The van der Waals surface area contributed by atoms with Gasteiger partial charge in [-0.25, -0.2) is 4.68 Å². The third kappa shape index (κ3) is 5.10. The minimum absolute atomic E-state index is 0.141. The van der Waals surface area contributed by atoms with Gasteiger partial charge in [-0.2, -0.15) is 0 Å². The maximum Gasteiger partial charge on any atom is 0.236 e. The van der Waals surface area contributed by atoms with Crippen LogP contribution in [0.3, 0.4) is 0 Å². The zero-order valence-electron chi connectivity index (χ0n) is 15.4. The highest BCUT2D eigenvalue weighted by Gasteiger charge is 2.13. The molecule has 0 saturated carbocycles. The third-order valence-electron chi connectivity index (χ3n) is 3.62. The number of carbonyl (C=O) groups is 1. The Labute approximate surface area is 169 Å². The molecule has 1 aromatic carbocycles. The summed E-state index contributed by atoms with van der Waals surface area (Å²) in [5, 5.41) is 23.7. The highest BCUT2D eigenvalue weighted by Crippen LogP contribution is 2.19. The summed E-state index contributed by atoms with van der Waals surface area (Å²) < 4.78 is 6.50. The normalized spacial score (nSPS) is 10.6. The smallest absolute Gasteiger partial charge is 0.236 e. The third-order valence-corrected chi connectivity index (χ3v) is 5.55. The van der Waals surface area contributed by atoms with Crippen LogP contribution in [0.15, 0.2) is 29.4 Å². The summed E-state index contributed by atoms with van der Waals surface area (Å²) >= 11 is 2.56. The Kier molecular flexibility index (Phi) is 6.66. The maximum absolute atomic E-state index is 12.1. The zero-order valence-corrected chi connectivity index (χ0v) is 17.0. The first-order valence-electron chi connectivity index (χ1n) is 8.41. The van der Waals surface area contributed by atoms with Crippen molar-refractivity contribution in [1.82, 2.24) is 25.1 Å². The molecule has 2 aromatic heterocycles. The van der Waals surface area contributed by atoms with Crippen LogP contribution in [0.4, 0.5) is 10.8 Å². The summed E-state index contributed by atoms with van der Waals surface area (Å²) in [6.45, 7) is 2.38. The summed E-state index contributed by atoms with van der Waals surface area (Å²) in [6.07, 6.45) is 0.784. The number of thioether (sulfide) groups is 1. The van der Waals surface area contributed by atoms with Crippen molar-refractivity contribution in [3.05, 3.63) is 35.1 Å². The van der Waals surface area contributed by atoms with Crippen LogP contribution in [0.5, 0.6) is 5.75 Å². The van der Waals surface area contributed by atoms with Crippen LogP contribution in [0.25, 0.3) is 0 Å². The number of aromatic nitrogens is 5. The molecule has 3 rings (SSSR count). The van der Waals surface area contributed by atoms with Crippen molar-refractivity contribution >= 4 is 39.8 Å². The molecule has 2 heterocycles. The van der Waals surface area contributed by atoms with Crippen molar-refractivity contribution in [2.75, 3.05) is 29.3 Å². The monoisotopic (exact) mass is 420 g/mol. The van der Waals surface area contributed by atoms with E-state index in [1.807, 2.05) is 31.2 Å². The first kappa shape index (κ1) is 19.9. The number of nitrogens with one attached hydrogen (secondary N) is 2. The van der Waals surface area contributed by atoms with Crippen molar-refractivity contribution in [2.45, 2.75) is 25.0 Å². The number of anilines is 2. The second-order valence-corrected chi connectivity index (χ2v) is 7.55. The molecular formula is C16H20N8O2S2. The van der Waals surface area contributed by atoms with Crippen LogP contribution in [0.2, 0.25) is 0 Å².